The quantitative estimate of drug-likeness (QED) is 0.487. The van der Waals surface area contributed by atoms with Gasteiger partial charge in [-0.1, -0.05) is 31.2 Å². The molecule has 2 atom stereocenters. The molecule has 6 heteroatoms. The summed E-state index contributed by atoms with van der Waals surface area (Å²) in [6.07, 6.45) is 4.24. The maximum atomic E-state index is 14.4. The van der Waals surface area contributed by atoms with Crippen molar-refractivity contribution >= 4 is 24.0 Å². The summed E-state index contributed by atoms with van der Waals surface area (Å²) >= 11 is 0. The van der Waals surface area contributed by atoms with E-state index in [1.165, 1.54) is 0 Å². The Balaban J connectivity index is 2.08. The predicted octanol–water partition coefficient (Wildman–Crippen LogP) is 5.29. The summed E-state index contributed by atoms with van der Waals surface area (Å²) < 4.78 is 20.5. The van der Waals surface area contributed by atoms with Crippen molar-refractivity contribution in [2.75, 3.05) is 30.9 Å². The number of hydrogen-bond donors (Lipinski definition) is 1. The first-order valence-corrected chi connectivity index (χ1v) is 11.5. The van der Waals surface area contributed by atoms with E-state index in [9.17, 15) is 4.57 Å². The summed E-state index contributed by atoms with van der Waals surface area (Å²) in [6, 6.07) is 21.3. The maximum absolute atomic E-state index is 14.4. The molecule has 1 heterocycles. The monoisotopic (exact) mass is 409 g/mol. The second-order valence-corrected chi connectivity index (χ2v) is 9.53. The predicted molar refractivity (Wildman–Crippen MR) is 121 cm³/mol. The molecule has 0 saturated carbocycles. The smallest absolute Gasteiger partial charge is 0.258 e. The van der Waals surface area contributed by atoms with Gasteiger partial charge in [0.25, 0.3) is 7.37 Å². The number of nitrogens with one attached hydrogen (secondary N) is 1. The van der Waals surface area contributed by atoms with Crippen LogP contribution in [0.2, 0.25) is 0 Å². The van der Waals surface area contributed by atoms with Crippen molar-refractivity contribution in [2.24, 2.45) is 0 Å². The molecule has 0 saturated heterocycles. The molecule has 0 aliphatic carbocycles. The van der Waals surface area contributed by atoms with Crippen LogP contribution < -0.4 is 15.5 Å². The number of benzene rings is 2. The average Bonchev–Trinajstić information content (AvgIpc) is 2.77. The second kappa shape index (κ2) is 9.73. The average molecular weight is 409 g/mol. The largest absolute Gasteiger partial charge is 0.378 e. The Bertz CT molecular complexity index is 931. The van der Waals surface area contributed by atoms with Crippen molar-refractivity contribution in [3.63, 3.8) is 0 Å². The third-order valence-electron chi connectivity index (χ3n) is 4.63. The minimum Gasteiger partial charge on any atom is -0.378 e. The van der Waals surface area contributed by atoms with Gasteiger partial charge in [-0.3, -0.25) is 9.55 Å². The Labute approximate surface area is 173 Å². The molecule has 0 bridgehead atoms. The first-order chi connectivity index (χ1) is 14.0. The topological polar surface area (TPSA) is 54.5 Å². The first kappa shape index (κ1) is 21.1. The molecule has 0 aliphatic heterocycles. The van der Waals surface area contributed by atoms with E-state index in [1.54, 1.807) is 12.4 Å². The van der Waals surface area contributed by atoms with Crippen LogP contribution in [-0.2, 0) is 9.09 Å². The zero-order valence-electron chi connectivity index (χ0n) is 17.2. The van der Waals surface area contributed by atoms with Crippen molar-refractivity contribution in [1.82, 2.24) is 4.98 Å². The van der Waals surface area contributed by atoms with E-state index in [0.717, 1.165) is 23.4 Å². The highest BCUT2D eigenvalue weighted by molar-refractivity contribution is 7.67. The Hall–Kier alpha value is -2.62. The van der Waals surface area contributed by atoms with Crippen LogP contribution in [0, 0.1) is 0 Å². The van der Waals surface area contributed by atoms with E-state index in [1.807, 2.05) is 92.6 Å². The molecule has 3 rings (SSSR count). The SMILES string of the molecule is CCCO[P@](=O)(c1ccc(N(C)C)cc1)[C@H](Nc1ccccc1)c1cccnc1. The summed E-state index contributed by atoms with van der Waals surface area (Å²) in [7, 11) is 0.662. The number of anilines is 2. The Morgan fingerprint density at radius 3 is 2.34 bits per heavy atom. The lowest BCUT2D eigenvalue weighted by Gasteiger charge is -2.30. The van der Waals surface area contributed by atoms with Gasteiger partial charge in [0.1, 0.15) is 5.78 Å². The van der Waals surface area contributed by atoms with Crippen molar-refractivity contribution in [3.05, 3.63) is 84.7 Å². The van der Waals surface area contributed by atoms with Gasteiger partial charge in [0.05, 0.1) is 6.61 Å². The number of nitrogens with zero attached hydrogens (tertiary/aromatic N) is 2. The summed E-state index contributed by atoms with van der Waals surface area (Å²) in [4.78, 5) is 6.26. The summed E-state index contributed by atoms with van der Waals surface area (Å²) in [5.74, 6) is -0.546. The highest BCUT2D eigenvalue weighted by Gasteiger charge is 2.38. The highest BCUT2D eigenvalue weighted by Crippen LogP contribution is 2.59. The zero-order valence-corrected chi connectivity index (χ0v) is 18.0. The number of rotatable bonds is 9. The molecule has 0 fully saturated rings. The zero-order chi connectivity index (χ0) is 20.7. The minimum atomic E-state index is -3.31. The lowest BCUT2D eigenvalue weighted by atomic mass is 10.2. The molecule has 0 spiro atoms. The molecule has 1 N–H and O–H groups in total. The van der Waals surface area contributed by atoms with Crippen LogP contribution in [0.1, 0.15) is 24.7 Å². The fourth-order valence-electron chi connectivity index (χ4n) is 3.08. The molecule has 2 aromatic carbocycles. The van der Waals surface area contributed by atoms with Gasteiger partial charge in [-0.05, 0) is 48.9 Å². The minimum absolute atomic E-state index is 0.417. The van der Waals surface area contributed by atoms with Gasteiger partial charge in [0.15, 0.2) is 0 Å². The van der Waals surface area contributed by atoms with Gasteiger partial charge >= 0.3 is 0 Å². The highest BCUT2D eigenvalue weighted by atomic mass is 31.2. The van der Waals surface area contributed by atoms with Gasteiger partial charge in [-0.25, -0.2) is 0 Å². The van der Waals surface area contributed by atoms with Crippen LogP contribution in [0.3, 0.4) is 0 Å². The standard InChI is InChI=1S/C23H28N3O2P/c1-4-17-28-29(27,22-14-12-21(13-15-22)26(2)3)23(19-9-8-16-24-18-19)25-20-10-6-5-7-11-20/h5-16,18,23,25H,4,17H2,1-3H3/t23-,29+/m0/s1. The molecule has 152 valence electrons. The van der Waals surface area contributed by atoms with Crippen molar-refractivity contribution in [2.45, 2.75) is 19.1 Å². The van der Waals surface area contributed by atoms with Crippen LogP contribution in [0.15, 0.2) is 79.1 Å². The van der Waals surface area contributed by atoms with E-state index in [4.69, 9.17) is 4.52 Å². The van der Waals surface area contributed by atoms with Crippen LogP contribution >= 0.6 is 7.37 Å². The fraction of sp³-hybridized carbons (Fsp3) is 0.261. The Morgan fingerprint density at radius 1 is 1.03 bits per heavy atom. The van der Waals surface area contributed by atoms with E-state index in [-0.39, 0.29) is 0 Å². The Morgan fingerprint density at radius 2 is 1.76 bits per heavy atom. The lowest BCUT2D eigenvalue weighted by molar-refractivity contribution is 0.315. The summed E-state index contributed by atoms with van der Waals surface area (Å²) in [6.45, 7) is 2.43. The number of pyridine rings is 1. The summed E-state index contributed by atoms with van der Waals surface area (Å²) in [5, 5.41) is 4.13. The van der Waals surface area contributed by atoms with Crippen molar-refractivity contribution in [3.8, 4) is 0 Å². The van der Waals surface area contributed by atoms with Crippen LogP contribution in [-0.4, -0.2) is 25.7 Å². The van der Waals surface area contributed by atoms with Crippen molar-refractivity contribution in [1.29, 1.82) is 0 Å². The first-order valence-electron chi connectivity index (χ1n) is 9.78. The molecule has 1 aromatic heterocycles. The molecule has 0 amide bonds. The molecule has 0 unspecified atom stereocenters. The van der Waals surface area contributed by atoms with Crippen LogP contribution in [0.5, 0.6) is 0 Å². The van der Waals surface area contributed by atoms with E-state index in [2.05, 4.69) is 10.3 Å². The normalized spacial score (nSPS) is 14.0. The fourth-order valence-corrected chi connectivity index (χ4v) is 5.56. The molecular weight excluding hydrogens is 381 g/mol. The molecule has 5 nitrogen and oxygen atoms in total. The van der Waals surface area contributed by atoms with Crippen molar-refractivity contribution < 1.29 is 9.09 Å². The molecule has 0 aliphatic rings. The number of para-hydroxylation sites is 1. The molecular formula is C23H28N3O2P. The van der Waals surface area contributed by atoms with E-state index in [0.29, 0.717) is 11.9 Å². The third-order valence-corrected chi connectivity index (χ3v) is 7.32. The third kappa shape index (κ3) is 5.06. The number of hydrogen-bond acceptors (Lipinski definition) is 5. The summed E-state index contributed by atoms with van der Waals surface area (Å²) in [5.41, 5.74) is 2.75. The maximum Gasteiger partial charge on any atom is 0.258 e. The number of aromatic nitrogens is 1. The van der Waals surface area contributed by atoms with E-state index >= 15 is 0 Å². The molecule has 29 heavy (non-hydrogen) atoms. The molecule has 3 aromatic rings. The molecule has 0 radical (unpaired) electrons. The second-order valence-electron chi connectivity index (χ2n) is 7.04. The van der Waals surface area contributed by atoms with Gasteiger partial charge < -0.3 is 14.7 Å². The van der Waals surface area contributed by atoms with Gasteiger partial charge in [-0.2, -0.15) is 0 Å². The van der Waals surface area contributed by atoms with Gasteiger partial charge in [-0.15, -0.1) is 0 Å². The van der Waals surface area contributed by atoms with Crippen LogP contribution in [0.4, 0.5) is 11.4 Å². The van der Waals surface area contributed by atoms with Crippen LogP contribution in [0.25, 0.3) is 0 Å². The Kier molecular flexibility index (Phi) is 7.08. The van der Waals surface area contributed by atoms with E-state index < -0.39 is 13.2 Å². The lowest BCUT2D eigenvalue weighted by Crippen LogP contribution is -2.21. The van der Waals surface area contributed by atoms with Gasteiger partial charge in [0, 0.05) is 48.7 Å². The van der Waals surface area contributed by atoms with Gasteiger partial charge in [0.2, 0.25) is 0 Å².